The van der Waals surface area contributed by atoms with Gasteiger partial charge in [-0.15, -0.1) is 0 Å². The topological polar surface area (TPSA) is 121 Å². The second-order valence-electron chi connectivity index (χ2n) is 3.33. The minimum Gasteiger partial charge on any atom is -0.380 e. The van der Waals surface area contributed by atoms with Crippen molar-refractivity contribution in [1.29, 1.82) is 0 Å². The third-order valence-corrected chi connectivity index (χ3v) is 3.47. The van der Waals surface area contributed by atoms with E-state index in [0.717, 1.165) is 6.20 Å². The van der Waals surface area contributed by atoms with Crippen LogP contribution in [0.1, 0.15) is 6.92 Å². The summed E-state index contributed by atoms with van der Waals surface area (Å²) in [6, 6.07) is 0. The minimum absolute atomic E-state index is 0.0252. The maximum Gasteiger partial charge on any atom is 0.325 e. The molecule has 0 aliphatic heterocycles. The zero-order chi connectivity index (χ0) is 13.1. The van der Waals surface area contributed by atoms with Gasteiger partial charge in [-0.05, 0) is 6.92 Å². The van der Waals surface area contributed by atoms with Crippen molar-refractivity contribution < 1.29 is 13.2 Å². The van der Waals surface area contributed by atoms with Crippen LogP contribution in [0.4, 0.5) is 0 Å². The van der Waals surface area contributed by atoms with Gasteiger partial charge < -0.3 is 9.72 Å². The van der Waals surface area contributed by atoms with Gasteiger partial charge in [-0.1, -0.05) is 0 Å². The van der Waals surface area contributed by atoms with Crippen LogP contribution in [0.3, 0.4) is 0 Å². The zero-order valence-electron chi connectivity index (χ0n) is 9.31. The number of ether oxygens (including phenoxy) is 1. The van der Waals surface area contributed by atoms with Crippen LogP contribution in [-0.4, -0.2) is 38.1 Å². The first-order valence-electron chi connectivity index (χ1n) is 4.71. The summed E-state index contributed by atoms with van der Waals surface area (Å²) in [5, 5.41) is 0. The van der Waals surface area contributed by atoms with Gasteiger partial charge in [-0.2, -0.15) is 0 Å². The average molecular weight is 263 g/mol. The van der Waals surface area contributed by atoms with Gasteiger partial charge >= 0.3 is 5.69 Å². The molecule has 0 saturated heterocycles. The Kier molecular flexibility index (Phi) is 4.21. The summed E-state index contributed by atoms with van der Waals surface area (Å²) < 4.78 is 30.4. The maximum atomic E-state index is 11.7. The van der Waals surface area contributed by atoms with E-state index >= 15 is 0 Å². The molecule has 3 N–H and O–H groups in total. The normalized spacial score (nSPS) is 13.5. The largest absolute Gasteiger partial charge is 0.380 e. The summed E-state index contributed by atoms with van der Waals surface area (Å²) in [6.07, 6.45) is 0.521. The van der Waals surface area contributed by atoms with Crippen molar-refractivity contribution in [1.82, 2.24) is 14.7 Å². The fourth-order valence-corrected chi connectivity index (χ4v) is 2.10. The summed E-state index contributed by atoms with van der Waals surface area (Å²) >= 11 is 0. The number of aromatic amines is 2. The molecule has 1 heterocycles. The van der Waals surface area contributed by atoms with Crippen molar-refractivity contribution in [3.05, 3.63) is 27.0 Å². The molecule has 0 fully saturated rings. The number of rotatable bonds is 5. The predicted octanol–water partition coefficient (Wildman–Crippen LogP) is -1.62. The molecule has 1 atom stereocenters. The van der Waals surface area contributed by atoms with Crippen LogP contribution >= 0.6 is 0 Å². The maximum absolute atomic E-state index is 11.7. The fraction of sp³-hybridized carbons (Fsp3) is 0.500. The molecule has 0 radical (unpaired) electrons. The first-order valence-corrected chi connectivity index (χ1v) is 6.19. The third kappa shape index (κ3) is 3.51. The Morgan fingerprint density at radius 3 is 2.65 bits per heavy atom. The smallest absolute Gasteiger partial charge is 0.325 e. The molecule has 1 rings (SSSR count). The van der Waals surface area contributed by atoms with E-state index in [4.69, 9.17) is 4.74 Å². The zero-order valence-corrected chi connectivity index (χ0v) is 10.1. The van der Waals surface area contributed by atoms with E-state index in [-0.39, 0.29) is 12.6 Å². The summed E-state index contributed by atoms with van der Waals surface area (Å²) in [7, 11) is -2.52. The number of H-pyrrole nitrogens is 2. The van der Waals surface area contributed by atoms with Gasteiger partial charge in [0.25, 0.3) is 5.56 Å². The van der Waals surface area contributed by atoms with Gasteiger partial charge in [0, 0.05) is 19.9 Å². The standard InChI is InChI=1S/C8H13N3O5S/c1-5(16-2)3-10-17(14,15)6-4-9-8(13)11-7(6)12/h4-5,10H,3H2,1-2H3,(H2,9,11,12,13). The molecule has 0 spiro atoms. The highest BCUT2D eigenvalue weighted by molar-refractivity contribution is 7.89. The van der Waals surface area contributed by atoms with Gasteiger partial charge in [0.05, 0.1) is 6.10 Å². The number of hydrogen-bond donors (Lipinski definition) is 3. The lowest BCUT2D eigenvalue weighted by molar-refractivity contribution is 0.122. The van der Waals surface area contributed by atoms with E-state index in [1.807, 2.05) is 4.98 Å². The Morgan fingerprint density at radius 1 is 1.47 bits per heavy atom. The highest BCUT2D eigenvalue weighted by Gasteiger charge is 2.19. The highest BCUT2D eigenvalue weighted by Crippen LogP contribution is 1.98. The first kappa shape index (κ1) is 13.6. The lowest BCUT2D eigenvalue weighted by Crippen LogP contribution is -2.36. The number of sulfonamides is 1. The van der Waals surface area contributed by atoms with Crippen LogP contribution in [0.5, 0.6) is 0 Å². The number of hydrogen-bond acceptors (Lipinski definition) is 5. The summed E-state index contributed by atoms with van der Waals surface area (Å²) in [5.41, 5.74) is -1.73. The predicted molar refractivity (Wildman–Crippen MR) is 59.3 cm³/mol. The Labute approximate surface area is 97.1 Å². The summed E-state index contributed by atoms with van der Waals surface area (Å²) in [4.78, 5) is 25.4. The van der Waals surface area contributed by atoms with Crippen molar-refractivity contribution in [2.45, 2.75) is 17.9 Å². The molecule has 9 heteroatoms. The molecule has 17 heavy (non-hydrogen) atoms. The molecule has 0 aromatic carbocycles. The Balaban J connectivity index is 2.98. The highest BCUT2D eigenvalue weighted by atomic mass is 32.2. The third-order valence-electron chi connectivity index (χ3n) is 2.04. The van der Waals surface area contributed by atoms with Crippen LogP contribution in [0.2, 0.25) is 0 Å². The van der Waals surface area contributed by atoms with E-state index < -0.39 is 26.2 Å². The van der Waals surface area contributed by atoms with Crippen LogP contribution < -0.4 is 16.0 Å². The monoisotopic (exact) mass is 263 g/mol. The number of methoxy groups -OCH3 is 1. The molecular weight excluding hydrogens is 250 g/mol. The SMILES string of the molecule is COC(C)CNS(=O)(=O)c1c[nH]c(=O)[nH]c1=O. The van der Waals surface area contributed by atoms with E-state index in [0.29, 0.717) is 0 Å². The molecule has 1 aromatic heterocycles. The molecule has 8 nitrogen and oxygen atoms in total. The Morgan fingerprint density at radius 2 is 2.12 bits per heavy atom. The Bertz CT molecular complexity index is 588. The van der Waals surface area contributed by atoms with Crippen molar-refractivity contribution >= 4 is 10.0 Å². The van der Waals surface area contributed by atoms with E-state index in [2.05, 4.69) is 9.71 Å². The van der Waals surface area contributed by atoms with Crippen molar-refractivity contribution in [2.75, 3.05) is 13.7 Å². The molecule has 0 saturated carbocycles. The van der Waals surface area contributed by atoms with Crippen LogP contribution in [0.15, 0.2) is 20.7 Å². The molecular formula is C8H13N3O5S. The Hall–Kier alpha value is -1.45. The quantitative estimate of drug-likeness (QED) is 0.589. The molecule has 0 bridgehead atoms. The van der Waals surface area contributed by atoms with Crippen LogP contribution in [-0.2, 0) is 14.8 Å². The summed E-state index contributed by atoms with van der Waals surface area (Å²) in [6.45, 7) is 1.69. The van der Waals surface area contributed by atoms with E-state index in [1.165, 1.54) is 7.11 Å². The molecule has 0 aliphatic rings. The summed E-state index contributed by atoms with van der Waals surface area (Å²) in [5.74, 6) is 0. The number of aromatic nitrogens is 2. The van der Waals surface area contributed by atoms with Crippen molar-refractivity contribution in [3.8, 4) is 0 Å². The second-order valence-corrected chi connectivity index (χ2v) is 5.07. The van der Waals surface area contributed by atoms with Gasteiger partial charge in [0.2, 0.25) is 10.0 Å². The van der Waals surface area contributed by atoms with Gasteiger partial charge in [0.1, 0.15) is 0 Å². The van der Waals surface area contributed by atoms with Gasteiger partial charge in [-0.3, -0.25) is 9.78 Å². The molecule has 1 aromatic rings. The lowest BCUT2D eigenvalue weighted by Gasteiger charge is -2.10. The fourth-order valence-electron chi connectivity index (χ4n) is 0.985. The van der Waals surface area contributed by atoms with E-state index in [9.17, 15) is 18.0 Å². The molecule has 0 aliphatic carbocycles. The lowest BCUT2D eigenvalue weighted by atomic mass is 10.4. The molecule has 0 amide bonds. The van der Waals surface area contributed by atoms with Gasteiger partial charge in [0.15, 0.2) is 4.90 Å². The van der Waals surface area contributed by atoms with Crippen LogP contribution in [0.25, 0.3) is 0 Å². The molecule has 1 unspecified atom stereocenters. The first-order chi connectivity index (χ1) is 7.86. The van der Waals surface area contributed by atoms with Crippen LogP contribution in [0, 0.1) is 0 Å². The number of nitrogens with one attached hydrogen (secondary N) is 3. The van der Waals surface area contributed by atoms with Gasteiger partial charge in [-0.25, -0.2) is 17.9 Å². The second kappa shape index (κ2) is 5.25. The minimum atomic E-state index is -3.96. The van der Waals surface area contributed by atoms with Crippen molar-refractivity contribution in [2.24, 2.45) is 0 Å². The molecule has 96 valence electrons. The average Bonchev–Trinajstić information content (AvgIpc) is 2.25. The van der Waals surface area contributed by atoms with Crippen molar-refractivity contribution in [3.63, 3.8) is 0 Å². The van der Waals surface area contributed by atoms with E-state index in [1.54, 1.807) is 6.92 Å².